The number of para-hydroxylation sites is 1. The predicted octanol–water partition coefficient (Wildman–Crippen LogP) is 5.71. The largest absolute Gasteiger partial charge is 0.496 e. The fraction of sp³-hybridized carbons (Fsp3) is 0.233. The van der Waals surface area contributed by atoms with Crippen LogP contribution in [-0.2, 0) is 17.9 Å². The molecule has 1 unspecified atom stereocenters. The molecule has 1 aliphatic rings. The van der Waals surface area contributed by atoms with Crippen LogP contribution in [-0.4, -0.2) is 46.6 Å². The molecule has 1 atom stereocenters. The monoisotopic (exact) mass is 527 g/mol. The molecule has 1 amide bonds. The van der Waals surface area contributed by atoms with Gasteiger partial charge >= 0.3 is 5.97 Å². The summed E-state index contributed by atoms with van der Waals surface area (Å²) in [5, 5.41) is 12.4. The van der Waals surface area contributed by atoms with Crippen molar-refractivity contribution >= 4 is 28.3 Å². The highest BCUT2D eigenvalue weighted by Gasteiger charge is 2.34. The number of carbonyl (C=O) groups excluding carboxylic acids is 1. The van der Waals surface area contributed by atoms with Crippen molar-refractivity contribution in [1.29, 1.82) is 0 Å². The molecular formula is C30H29N3O4S. The topological polar surface area (TPSA) is 83.0 Å². The Morgan fingerprint density at radius 2 is 1.68 bits per heavy atom. The Labute approximate surface area is 225 Å². The number of amides is 1. The van der Waals surface area contributed by atoms with Crippen molar-refractivity contribution in [3.63, 3.8) is 0 Å². The van der Waals surface area contributed by atoms with E-state index in [1.54, 1.807) is 30.6 Å². The van der Waals surface area contributed by atoms with E-state index in [2.05, 4.69) is 17.0 Å². The van der Waals surface area contributed by atoms with Gasteiger partial charge in [0.25, 0.3) is 5.91 Å². The standard InChI is InChI=1S/C30H29N3O4S/c1-37-27-12-6-5-10-24(27)25-20-38-30(31-25)32(18-21-8-3-2-4-9-21)19-22-13-15-23(16-14-22)28(34)33-17-7-11-26(33)29(35)36/h2-6,8-10,12-16,20,26H,7,11,17-19H2,1H3,(H,35,36). The van der Waals surface area contributed by atoms with Crippen LogP contribution in [0.15, 0.2) is 84.2 Å². The van der Waals surface area contributed by atoms with Gasteiger partial charge in [-0.25, -0.2) is 9.78 Å². The molecule has 194 valence electrons. The second kappa shape index (κ2) is 11.5. The van der Waals surface area contributed by atoms with Crippen molar-refractivity contribution in [1.82, 2.24) is 9.88 Å². The molecule has 1 fully saturated rings. The van der Waals surface area contributed by atoms with E-state index in [-0.39, 0.29) is 5.91 Å². The molecule has 3 aromatic carbocycles. The highest BCUT2D eigenvalue weighted by Crippen LogP contribution is 2.34. The van der Waals surface area contributed by atoms with Crippen LogP contribution in [0, 0.1) is 0 Å². The first kappa shape index (κ1) is 25.5. The number of thiazole rings is 1. The van der Waals surface area contributed by atoms with Crippen molar-refractivity contribution in [3.8, 4) is 17.0 Å². The van der Waals surface area contributed by atoms with Crippen LogP contribution in [0.2, 0.25) is 0 Å². The Hall–Kier alpha value is -4.17. The zero-order valence-corrected chi connectivity index (χ0v) is 21.9. The average Bonchev–Trinajstić information content (AvgIpc) is 3.64. The molecule has 4 aromatic rings. The first-order valence-corrected chi connectivity index (χ1v) is 13.4. The number of carboxylic acid groups (broad SMARTS) is 1. The fourth-order valence-corrected chi connectivity index (χ4v) is 5.62. The molecule has 0 radical (unpaired) electrons. The summed E-state index contributed by atoms with van der Waals surface area (Å²) in [4.78, 5) is 33.1. The third-order valence-corrected chi connectivity index (χ3v) is 7.64. The molecule has 2 heterocycles. The molecule has 7 nitrogen and oxygen atoms in total. The summed E-state index contributed by atoms with van der Waals surface area (Å²) in [6.07, 6.45) is 1.21. The number of aromatic nitrogens is 1. The Kier molecular flexibility index (Phi) is 7.70. The second-order valence-electron chi connectivity index (χ2n) is 9.25. The quantitative estimate of drug-likeness (QED) is 0.300. The second-order valence-corrected chi connectivity index (χ2v) is 10.1. The summed E-state index contributed by atoms with van der Waals surface area (Å²) < 4.78 is 5.54. The summed E-state index contributed by atoms with van der Waals surface area (Å²) in [6, 6.07) is 24.8. The minimum atomic E-state index is -0.944. The van der Waals surface area contributed by atoms with E-state index in [0.29, 0.717) is 38.0 Å². The first-order valence-electron chi connectivity index (χ1n) is 12.5. The summed E-state index contributed by atoms with van der Waals surface area (Å²) in [7, 11) is 1.66. The maximum absolute atomic E-state index is 13.0. The van der Waals surface area contributed by atoms with Crippen molar-refractivity contribution in [2.75, 3.05) is 18.6 Å². The van der Waals surface area contributed by atoms with Gasteiger partial charge in [0.15, 0.2) is 5.13 Å². The van der Waals surface area contributed by atoms with Crippen LogP contribution < -0.4 is 9.64 Å². The Morgan fingerprint density at radius 3 is 2.39 bits per heavy atom. The lowest BCUT2D eigenvalue weighted by molar-refractivity contribution is -0.141. The van der Waals surface area contributed by atoms with Gasteiger partial charge in [-0.1, -0.05) is 54.6 Å². The maximum Gasteiger partial charge on any atom is 0.326 e. The number of aliphatic carboxylic acids is 1. The van der Waals surface area contributed by atoms with Gasteiger partial charge in [-0.3, -0.25) is 4.79 Å². The van der Waals surface area contributed by atoms with Gasteiger partial charge in [-0.2, -0.15) is 0 Å². The number of anilines is 1. The number of likely N-dealkylation sites (tertiary alicyclic amines) is 1. The van der Waals surface area contributed by atoms with Crippen LogP contribution in [0.1, 0.15) is 34.3 Å². The van der Waals surface area contributed by atoms with Gasteiger partial charge in [0, 0.05) is 36.1 Å². The summed E-state index contributed by atoms with van der Waals surface area (Å²) in [5.41, 5.74) is 4.51. The number of nitrogens with zero attached hydrogens (tertiary/aromatic N) is 3. The van der Waals surface area contributed by atoms with Crippen LogP contribution in [0.25, 0.3) is 11.3 Å². The zero-order valence-electron chi connectivity index (χ0n) is 21.1. The van der Waals surface area contributed by atoms with E-state index in [1.165, 1.54) is 10.5 Å². The molecule has 1 aromatic heterocycles. The Balaban J connectivity index is 1.38. The van der Waals surface area contributed by atoms with Gasteiger partial charge in [0.1, 0.15) is 11.8 Å². The van der Waals surface area contributed by atoms with E-state index in [9.17, 15) is 14.7 Å². The number of carbonyl (C=O) groups is 2. The number of carboxylic acids is 1. The van der Waals surface area contributed by atoms with Gasteiger partial charge in [-0.15, -0.1) is 11.3 Å². The number of benzene rings is 3. The average molecular weight is 528 g/mol. The minimum absolute atomic E-state index is 0.232. The van der Waals surface area contributed by atoms with Crippen LogP contribution in [0.3, 0.4) is 0 Å². The summed E-state index contributed by atoms with van der Waals surface area (Å²) >= 11 is 1.58. The lowest BCUT2D eigenvalue weighted by atomic mass is 10.1. The number of ether oxygens (including phenoxy) is 1. The van der Waals surface area contributed by atoms with Gasteiger partial charge in [0.2, 0.25) is 0 Å². The third kappa shape index (κ3) is 5.55. The number of methoxy groups -OCH3 is 1. The van der Waals surface area contributed by atoms with Crippen molar-refractivity contribution < 1.29 is 19.4 Å². The van der Waals surface area contributed by atoms with Crippen molar-refractivity contribution in [3.05, 3.63) is 101 Å². The molecule has 1 N–H and O–H groups in total. The smallest absolute Gasteiger partial charge is 0.326 e. The van der Waals surface area contributed by atoms with Crippen LogP contribution in [0.4, 0.5) is 5.13 Å². The molecule has 0 aliphatic carbocycles. The number of hydrogen-bond acceptors (Lipinski definition) is 6. The van der Waals surface area contributed by atoms with E-state index in [0.717, 1.165) is 27.7 Å². The SMILES string of the molecule is COc1ccccc1-c1csc(N(Cc2ccccc2)Cc2ccc(C(=O)N3CCCC3C(=O)O)cc2)n1. The fourth-order valence-electron chi connectivity index (χ4n) is 4.79. The van der Waals surface area contributed by atoms with Gasteiger partial charge in [-0.05, 0) is 48.2 Å². The Morgan fingerprint density at radius 1 is 1.00 bits per heavy atom. The minimum Gasteiger partial charge on any atom is -0.496 e. The molecular weight excluding hydrogens is 498 g/mol. The highest BCUT2D eigenvalue weighted by atomic mass is 32.1. The van der Waals surface area contributed by atoms with E-state index in [1.807, 2.05) is 60.0 Å². The normalized spacial score (nSPS) is 14.9. The van der Waals surface area contributed by atoms with Crippen molar-refractivity contribution in [2.24, 2.45) is 0 Å². The van der Waals surface area contributed by atoms with E-state index < -0.39 is 12.0 Å². The third-order valence-electron chi connectivity index (χ3n) is 6.73. The predicted molar refractivity (Wildman–Crippen MR) is 149 cm³/mol. The zero-order chi connectivity index (χ0) is 26.5. The van der Waals surface area contributed by atoms with Crippen molar-refractivity contribution in [2.45, 2.75) is 32.0 Å². The van der Waals surface area contributed by atoms with E-state index >= 15 is 0 Å². The first-order chi connectivity index (χ1) is 18.5. The highest BCUT2D eigenvalue weighted by molar-refractivity contribution is 7.14. The lowest BCUT2D eigenvalue weighted by Gasteiger charge is -2.23. The molecule has 0 spiro atoms. The van der Waals surface area contributed by atoms with Gasteiger partial charge in [0.05, 0.1) is 12.8 Å². The summed E-state index contributed by atoms with van der Waals surface area (Å²) in [6.45, 7) is 1.75. The maximum atomic E-state index is 13.0. The van der Waals surface area contributed by atoms with Crippen LogP contribution >= 0.6 is 11.3 Å². The molecule has 8 heteroatoms. The van der Waals surface area contributed by atoms with Gasteiger partial charge < -0.3 is 19.6 Å². The molecule has 1 saturated heterocycles. The molecule has 38 heavy (non-hydrogen) atoms. The summed E-state index contributed by atoms with van der Waals surface area (Å²) in [5.74, 6) is -0.397. The number of rotatable bonds is 9. The number of hydrogen-bond donors (Lipinski definition) is 1. The molecule has 0 bridgehead atoms. The lowest BCUT2D eigenvalue weighted by Crippen LogP contribution is -2.40. The van der Waals surface area contributed by atoms with Crippen LogP contribution in [0.5, 0.6) is 5.75 Å². The molecule has 1 aliphatic heterocycles. The van der Waals surface area contributed by atoms with E-state index in [4.69, 9.17) is 9.72 Å². The Bertz CT molecular complexity index is 1400. The molecule has 5 rings (SSSR count). The molecule has 0 saturated carbocycles.